The van der Waals surface area contributed by atoms with Crippen LogP contribution in [0, 0.1) is 0 Å². The summed E-state index contributed by atoms with van der Waals surface area (Å²) in [5.41, 5.74) is 7.15. The van der Waals surface area contributed by atoms with Crippen molar-refractivity contribution in [3.63, 3.8) is 0 Å². The second-order valence-electron chi connectivity index (χ2n) is 5.34. The fourth-order valence-electron chi connectivity index (χ4n) is 2.12. The van der Waals surface area contributed by atoms with E-state index in [1.54, 1.807) is 0 Å². The highest BCUT2D eigenvalue weighted by molar-refractivity contribution is 9.10. The lowest BCUT2D eigenvalue weighted by atomic mass is 9.96. The zero-order valence-electron chi connectivity index (χ0n) is 11.7. The van der Waals surface area contributed by atoms with Crippen LogP contribution in [-0.2, 0) is 11.2 Å². The first kappa shape index (κ1) is 14.7. The fraction of sp³-hybridized carbons (Fsp3) is 0.467. The first-order valence-electron chi connectivity index (χ1n) is 7.15. The Balaban J connectivity index is 1.55. The van der Waals surface area contributed by atoms with Gasteiger partial charge in [-0.15, -0.1) is 0 Å². The summed E-state index contributed by atoms with van der Waals surface area (Å²) in [7, 11) is 0. The van der Waals surface area contributed by atoms with E-state index in [0.717, 1.165) is 22.9 Å². The second-order valence-corrected chi connectivity index (χ2v) is 6.26. The Morgan fingerprint density at radius 1 is 1.33 bits per heavy atom. The molecule has 1 fully saturated rings. The van der Waals surface area contributed by atoms with Gasteiger partial charge in [0.05, 0.1) is 25.2 Å². The van der Waals surface area contributed by atoms with Crippen LogP contribution in [0.4, 0.5) is 0 Å². The van der Waals surface area contributed by atoms with Crippen LogP contribution in [-0.4, -0.2) is 22.9 Å². The summed E-state index contributed by atoms with van der Waals surface area (Å²) < 4.78 is 12.0. The zero-order chi connectivity index (χ0) is 14.7. The van der Waals surface area contributed by atoms with Crippen molar-refractivity contribution < 1.29 is 9.26 Å². The van der Waals surface area contributed by atoms with E-state index in [0.29, 0.717) is 30.8 Å². The first-order chi connectivity index (χ1) is 10.2. The predicted molar refractivity (Wildman–Crippen MR) is 81.8 cm³/mol. The minimum absolute atomic E-state index is 0.326. The third kappa shape index (κ3) is 3.90. The van der Waals surface area contributed by atoms with Gasteiger partial charge in [0.25, 0.3) is 0 Å². The summed E-state index contributed by atoms with van der Waals surface area (Å²) in [5, 5.41) is 3.95. The average molecular weight is 352 g/mol. The normalized spacial score (nSPS) is 16.7. The highest BCUT2D eigenvalue weighted by Crippen LogP contribution is 2.23. The molecule has 0 aliphatic heterocycles. The van der Waals surface area contributed by atoms with E-state index in [-0.39, 0.29) is 6.04 Å². The number of ether oxygens (including phenoxy) is 1. The molecule has 3 rings (SSSR count). The van der Waals surface area contributed by atoms with Gasteiger partial charge in [0.15, 0.2) is 5.82 Å². The summed E-state index contributed by atoms with van der Waals surface area (Å²) >= 11 is 3.41. The van der Waals surface area contributed by atoms with Crippen LogP contribution in [0.1, 0.15) is 42.6 Å². The van der Waals surface area contributed by atoms with E-state index < -0.39 is 0 Å². The molecule has 0 spiro atoms. The van der Waals surface area contributed by atoms with Crippen molar-refractivity contribution in [2.45, 2.75) is 37.8 Å². The van der Waals surface area contributed by atoms with Gasteiger partial charge in [0, 0.05) is 4.47 Å². The van der Waals surface area contributed by atoms with Crippen molar-refractivity contribution in [1.82, 2.24) is 10.1 Å². The maximum Gasteiger partial charge on any atom is 0.231 e. The Morgan fingerprint density at radius 2 is 2.10 bits per heavy atom. The first-order valence-corrected chi connectivity index (χ1v) is 7.94. The van der Waals surface area contributed by atoms with Gasteiger partial charge >= 0.3 is 0 Å². The number of nitrogens with zero attached hydrogens (tertiary/aromatic N) is 2. The Bertz CT molecular complexity index is 581. The summed E-state index contributed by atoms with van der Waals surface area (Å²) in [4.78, 5) is 4.36. The summed E-state index contributed by atoms with van der Waals surface area (Å²) in [5.74, 6) is 1.09. The molecule has 1 aromatic heterocycles. The Kier molecular flexibility index (Phi) is 4.67. The van der Waals surface area contributed by atoms with Gasteiger partial charge in [0.2, 0.25) is 5.89 Å². The molecule has 2 N–H and O–H groups in total. The fourth-order valence-corrected chi connectivity index (χ4v) is 2.38. The van der Waals surface area contributed by atoms with Crippen molar-refractivity contribution in [1.29, 1.82) is 0 Å². The molecule has 1 saturated carbocycles. The van der Waals surface area contributed by atoms with Crippen LogP contribution < -0.4 is 5.73 Å². The van der Waals surface area contributed by atoms with E-state index in [2.05, 4.69) is 26.1 Å². The minimum atomic E-state index is -0.326. The maximum absolute atomic E-state index is 6.03. The van der Waals surface area contributed by atoms with E-state index in [4.69, 9.17) is 15.0 Å². The predicted octanol–water partition coefficient (Wildman–Crippen LogP) is 2.99. The maximum atomic E-state index is 6.03. The SMILES string of the molecule is NC(COC1CCC1)c1noc(Cc2ccc(Br)cc2)n1. The molecule has 1 unspecified atom stereocenters. The van der Waals surface area contributed by atoms with E-state index in [9.17, 15) is 0 Å². The van der Waals surface area contributed by atoms with Crippen LogP contribution in [0.2, 0.25) is 0 Å². The van der Waals surface area contributed by atoms with Crippen molar-refractivity contribution in [2.75, 3.05) is 6.61 Å². The van der Waals surface area contributed by atoms with Gasteiger partial charge in [-0.3, -0.25) is 0 Å². The lowest BCUT2D eigenvalue weighted by Crippen LogP contribution is -2.27. The van der Waals surface area contributed by atoms with Crippen LogP contribution >= 0.6 is 15.9 Å². The highest BCUT2D eigenvalue weighted by Gasteiger charge is 2.21. The van der Waals surface area contributed by atoms with Gasteiger partial charge in [-0.2, -0.15) is 4.98 Å². The lowest BCUT2D eigenvalue weighted by Gasteiger charge is -2.26. The molecule has 6 heteroatoms. The van der Waals surface area contributed by atoms with Gasteiger partial charge in [-0.25, -0.2) is 0 Å². The Labute approximate surface area is 132 Å². The number of hydrogen-bond acceptors (Lipinski definition) is 5. The zero-order valence-corrected chi connectivity index (χ0v) is 13.3. The van der Waals surface area contributed by atoms with Crippen LogP contribution in [0.5, 0.6) is 0 Å². The molecule has 5 nitrogen and oxygen atoms in total. The number of aromatic nitrogens is 2. The molecule has 1 aliphatic rings. The number of hydrogen-bond donors (Lipinski definition) is 1. The van der Waals surface area contributed by atoms with Gasteiger partial charge in [-0.1, -0.05) is 33.2 Å². The number of benzene rings is 1. The van der Waals surface area contributed by atoms with Crippen LogP contribution in [0.15, 0.2) is 33.3 Å². The highest BCUT2D eigenvalue weighted by atomic mass is 79.9. The quantitative estimate of drug-likeness (QED) is 0.865. The van der Waals surface area contributed by atoms with E-state index >= 15 is 0 Å². The molecule has 112 valence electrons. The summed E-state index contributed by atoms with van der Waals surface area (Å²) in [6.07, 6.45) is 4.49. The lowest BCUT2D eigenvalue weighted by molar-refractivity contribution is -0.00549. The molecule has 1 aliphatic carbocycles. The van der Waals surface area contributed by atoms with Crippen molar-refractivity contribution in [2.24, 2.45) is 5.73 Å². The molecule has 1 aromatic carbocycles. The van der Waals surface area contributed by atoms with Crippen molar-refractivity contribution in [3.05, 3.63) is 46.0 Å². The molecule has 0 radical (unpaired) electrons. The van der Waals surface area contributed by atoms with Crippen molar-refractivity contribution >= 4 is 15.9 Å². The van der Waals surface area contributed by atoms with Crippen LogP contribution in [0.25, 0.3) is 0 Å². The molecule has 0 saturated heterocycles. The summed E-state index contributed by atoms with van der Waals surface area (Å²) in [6, 6.07) is 7.70. The second kappa shape index (κ2) is 6.68. The van der Waals surface area contributed by atoms with Crippen molar-refractivity contribution in [3.8, 4) is 0 Å². The van der Waals surface area contributed by atoms with Gasteiger partial charge < -0.3 is 15.0 Å². The monoisotopic (exact) mass is 351 g/mol. The molecule has 0 bridgehead atoms. The Hall–Kier alpha value is -1.24. The van der Waals surface area contributed by atoms with Crippen LogP contribution in [0.3, 0.4) is 0 Å². The number of halogens is 1. The average Bonchev–Trinajstić information content (AvgIpc) is 2.88. The topological polar surface area (TPSA) is 74.2 Å². The molecule has 21 heavy (non-hydrogen) atoms. The largest absolute Gasteiger partial charge is 0.376 e. The molecule has 0 amide bonds. The number of nitrogens with two attached hydrogens (primary N) is 1. The van der Waals surface area contributed by atoms with Gasteiger partial charge in [-0.05, 0) is 37.0 Å². The molecule has 1 atom stereocenters. The number of rotatable bonds is 6. The third-order valence-electron chi connectivity index (χ3n) is 3.65. The molecule has 2 aromatic rings. The van der Waals surface area contributed by atoms with Gasteiger partial charge in [0.1, 0.15) is 0 Å². The molecular formula is C15H18BrN3O2. The Morgan fingerprint density at radius 3 is 2.76 bits per heavy atom. The van der Waals surface area contributed by atoms with E-state index in [1.807, 2.05) is 24.3 Å². The molecular weight excluding hydrogens is 334 g/mol. The minimum Gasteiger partial charge on any atom is -0.376 e. The summed E-state index contributed by atoms with van der Waals surface area (Å²) in [6.45, 7) is 0.446. The van der Waals surface area contributed by atoms with E-state index in [1.165, 1.54) is 6.42 Å². The smallest absolute Gasteiger partial charge is 0.231 e. The standard InChI is InChI=1S/C15H18BrN3O2/c16-11-6-4-10(5-7-11)8-14-18-15(19-21-14)13(17)9-20-12-2-1-3-12/h4-7,12-13H,1-3,8-9,17H2. The third-order valence-corrected chi connectivity index (χ3v) is 4.18. The molecule has 1 heterocycles.